The van der Waals surface area contributed by atoms with Crippen molar-refractivity contribution in [1.82, 2.24) is 10.2 Å². The van der Waals surface area contributed by atoms with E-state index >= 15 is 0 Å². The highest BCUT2D eigenvalue weighted by Gasteiger charge is 2.42. The number of nitrogens with zero attached hydrogens (tertiary/aromatic N) is 1. The molecule has 0 saturated carbocycles. The van der Waals surface area contributed by atoms with Crippen molar-refractivity contribution in [3.05, 3.63) is 35.4 Å². The number of alkyl halides is 3. The second-order valence-electron chi connectivity index (χ2n) is 6.94. The summed E-state index contributed by atoms with van der Waals surface area (Å²) in [6, 6.07) is 3.60. The first-order chi connectivity index (χ1) is 12.6. The zero-order chi connectivity index (χ0) is 20.2. The molecule has 0 bridgehead atoms. The number of halogens is 3. The summed E-state index contributed by atoms with van der Waals surface area (Å²) in [7, 11) is 1.46. The van der Waals surface area contributed by atoms with Crippen molar-refractivity contribution in [2.45, 2.75) is 32.0 Å². The molecule has 1 aromatic carbocycles. The fourth-order valence-corrected chi connectivity index (χ4v) is 3.04. The van der Waals surface area contributed by atoms with Crippen molar-refractivity contribution in [2.24, 2.45) is 5.41 Å². The number of methoxy groups -OCH3 is 1. The predicted octanol–water partition coefficient (Wildman–Crippen LogP) is 3.29. The monoisotopic (exact) mass is 388 g/mol. The smallest absolute Gasteiger partial charge is 0.416 e. The zero-order valence-corrected chi connectivity index (χ0v) is 15.2. The molecule has 27 heavy (non-hydrogen) atoms. The van der Waals surface area contributed by atoms with Crippen molar-refractivity contribution >= 4 is 12.0 Å². The summed E-state index contributed by atoms with van der Waals surface area (Å²) in [5, 5.41) is 12.0. The third-order valence-electron chi connectivity index (χ3n) is 4.80. The van der Waals surface area contributed by atoms with E-state index in [0.29, 0.717) is 12.0 Å². The number of amides is 2. The Balaban J connectivity index is 2.15. The lowest BCUT2D eigenvalue weighted by atomic mass is 9.90. The maximum Gasteiger partial charge on any atom is 0.416 e. The molecule has 9 heteroatoms. The number of carboxylic acids is 1. The molecule has 2 atom stereocenters. The summed E-state index contributed by atoms with van der Waals surface area (Å²) in [6.07, 6.45) is -3.88. The third kappa shape index (κ3) is 5.12. The zero-order valence-electron chi connectivity index (χ0n) is 15.2. The first kappa shape index (κ1) is 21.0. The van der Waals surface area contributed by atoms with Crippen LogP contribution in [0.4, 0.5) is 18.0 Å². The summed E-state index contributed by atoms with van der Waals surface area (Å²) >= 11 is 0. The minimum Gasteiger partial charge on any atom is -0.481 e. The van der Waals surface area contributed by atoms with Crippen molar-refractivity contribution in [3.63, 3.8) is 0 Å². The number of carbonyl (C=O) groups is 2. The average molecular weight is 388 g/mol. The molecule has 0 spiro atoms. The van der Waals surface area contributed by atoms with Crippen LogP contribution < -0.4 is 5.32 Å². The van der Waals surface area contributed by atoms with Crippen LogP contribution >= 0.6 is 0 Å². The van der Waals surface area contributed by atoms with Crippen molar-refractivity contribution in [2.75, 3.05) is 26.8 Å². The van der Waals surface area contributed by atoms with Gasteiger partial charge in [-0.25, -0.2) is 4.79 Å². The van der Waals surface area contributed by atoms with Crippen LogP contribution in [0.15, 0.2) is 24.3 Å². The molecular formula is C18H23F3N2O4. The van der Waals surface area contributed by atoms with Gasteiger partial charge in [0.2, 0.25) is 0 Å². The molecule has 1 aliphatic heterocycles. The first-order valence-corrected chi connectivity index (χ1v) is 8.52. The average Bonchev–Trinajstić information content (AvgIpc) is 3.02. The summed E-state index contributed by atoms with van der Waals surface area (Å²) in [5.74, 6) is -0.980. The topological polar surface area (TPSA) is 78.9 Å². The van der Waals surface area contributed by atoms with Crippen LogP contribution in [0.5, 0.6) is 0 Å². The van der Waals surface area contributed by atoms with Gasteiger partial charge >= 0.3 is 18.2 Å². The van der Waals surface area contributed by atoms with Crippen LogP contribution in [0, 0.1) is 5.41 Å². The highest BCUT2D eigenvalue weighted by molar-refractivity contribution is 5.79. The molecule has 2 unspecified atom stereocenters. The van der Waals surface area contributed by atoms with E-state index in [4.69, 9.17) is 4.74 Å². The van der Waals surface area contributed by atoms with Gasteiger partial charge in [-0.3, -0.25) is 4.79 Å². The molecule has 2 N–H and O–H groups in total. The van der Waals surface area contributed by atoms with Gasteiger partial charge in [0.1, 0.15) is 0 Å². The molecule has 6 nitrogen and oxygen atoms in total. The van der Waals surface area contributed by atoms with E-state index in [-0.39, 0.29) is 26.1 Å². The van der Waals surface area contributed by atoms with Gasteiger partial charge in [-0.05, 0) is 37.5 Å². The second kappa shape index (κ2) is 8.16. The van der Waals surface area contributed by atoms with Crippen molar-refractivity contribution in [1.29, 1.82) is 0 Å². The van der Waals surface area contributed by atoms with E-state index in [0.717, 1.165) is 12.1 Å². The number of aliphatic carboxylic acids is 1. The predicted molar refractivity (Wildman–Crippen MR) is 91.1 cm³/mol. The molecule has 150 valence electrons. The number of nitrogens with one attached hydrogen (secondary N) is 1. The molecule has 1 heterocycles. The van der Waals surface area contributed by atoms with E-state index in [1.54, 1.807) is 6.92 Å². The van der Waals surface area contributed by atoms with Gasteiger partial charge in [0.05, 0.1) is 17.0 Å². The highest BCUT2D eigenvalue weighted by Crippen LogP contribution is 2.32. The Morgan fingerprint density at radius 2 is 2.11 bits per heavy atom. The Morgan fingerprint density at radius 3 is 2.67 bits per heavy atom. The Labute approximate surface area is 155 Å². The molecular weight excluding hydrogens is 365 g/mol. The van der Waals surface area contributed by atoms with E-state index < -0.39 is 35.2 Å². The van der Waals surface area contributed by atoms with Gasteiger partial charge in [-0.15, -0.1) is 0 Å². The molecule has 1 aliphatic rings. The van der Waals surface area contributed by atoms with Crippen LogP contribution in [-0.2, 0) is 15.7 Å². The fraction of sp³-hybridized carbons (Fsp3) is 0.556. The van der Waals surface area contributed by atoms with Crippen molar-refractivity contribution in [3.8, 4) is 0 Å². The van der Waals surface area contributed by atoms with Gasteiger partial charge in [-0.1, -0.05) is 12.1 Å². The largest absolute Gasteiger partial charge is 0.481 e. The van der Waals surface area contributed by atoms with Crippen LogP contribution in [0.3, 0.4) is 0 Å². The highest BCUT2D eigenvalue weighted by atomic mass is 19.4. The van der Waals surface area contributed by atoms with Gasteiger partial charge in [0, 0.05) is 26.8 Å². The maximum atomic E-state index is 13.0. The van der Waals surface area contributed by atoms with Gasteiger partial charge in [0.25, 0.3) is 0 Å². The summed E-state index contributed by atoms with van der Waals surface area (Å²) in [6.45, 7) is 2.13. The lowest BCUT2D eigenvalue weighted by Crippen LogP contribution is -2.42. The van der Waals surface area contributed by atoms with E-state index in [9.17, 15) is 27.9 Å². The molecule has 0 radical (unpaired) electrons. The normalized spacial score (nSPS) is 21.1. The van der Waals surface area contributed by atoms with Crippen LogP contribution in [-0.4, -0.2) is 48.8 Å². The summed E-state index contributed by atoms with van der Waals surface area (Å²) in [4.78, 5) is 25.2. The van der Waals surface area contributed by atoms with Crippen molar-refractivity contribution < 1.29 is 32.6 Å². The molecule has 2 amide bonds. The maximum absolute atomic E-state index is 13.0. The molecule has 1 fully saturated rings. The minimum atomic E-state index is -4.48. The molecule has 0 aromatic heterocycles. The number of rotatable bonds is 6. The van der Waals surface area contributed by atoms with E-state index in [2.05, 4.69) is 5.32 Å². The molecule has 2 rings (SSSR count). The number of hydrogen-bond donors (Lipinski definition) is 2. The van der Waals surface area contributed by atoms with Gasteiger partial charge < -0.3 is 20.1 Å². The molecule has 1 aromatic rings. The lowest BCUT2D eigenvalue weighted by Gasteiger charge is -2.25. The number of ether oxygens (including phenoxy) is 1. The Kier molecular flexibility index (Phi) is 6.35. The van der Waals surface area contributed by atoms with Crippen LogP contribution in [0.25, 0.3) is 0 Å². The third-order valence-corrected chi connectivity index (χ3v) is 4.80. The van der Waals surface area contributed by atoms with Crippen LogP contribution in [0.2, 0.25) is 0 Å². The number of carboxylic acid groups (broad SMARTS) is 1. The number of likely N-dealkylation sites (tertiary alicyclic amines) is 1. The lowest BCUT2D eigenvalue weighted by molar-refractivity contribution is -0.147. The summed E-state index contributed by atoms with van der Waals surface area (Å²) < 4.78 is 43.9. The second-order valence-corrected chi connectivity index (χ2v) is 6.94. The number of hydrogen-bond acceptors (Lipinski definition) is 3. The minimum absolute atomic E-state index is 0.0494. The molecule has 0 aliphatic carbocycles. The van der Waals surface area contributed by atoms with Gasteiger partial charge in [0.15, 0.2) is 0 Å². The SMILES string of the molecule is COCCC(NC(=O)N1CCC(C)(C(=O)O)C1)c1cccc(C(F)(F)F)c1. The standard InChI is InChI=1S/C18H23F3N2O4/c1-17(15(24)25)7-8-23(11-17)16(26)22-14(6-9-27-2)12-4-3-5-13(10-12)18(19,20)21/h3-5,10,14H,6-9,11H2,1-2H3,(H,22,26)(H,24,25). The van der Waals surface area contributed by atoms with E-state index in [1.807, 2.05) is 0 Å². The fourth-order valence-electron chi connectivity index (χ4n) is 3.04. The number of carbonyl (C=O) groups excluding carboxylic acids is 1. The summed E-state index contributed by atoms with van der Waals surface area (Å²) in [5.41, 5.74) is -1.50. The Bertz CT molecular complexity index is 695. The first-order valence-electron chi connectivity index (χ1n) is 8.52. The number of benzene rings is 1. The van der Waals surface area contributed by atoms with Gasteiger partial charge in [-0.2, -0.15) is 13.2 Å². The van der Waals surface area contributed by atoms with Crippen LogP contribution in [0.1, 0.15) is 36.9 Å². The Hall–Kier alpha value is -2.29. The van der Waals surface area contributed by atoms with E-state index in [1.165, 1.54) is 24.1 Å². The quantitative estimate of drug-likeness (QED) is 0.784. The molecule has 1 saturated heterocycles. The Morgan fingerprint density at radius 1 is 1.41 bits per heavy atom. The number of urea groups is 1.